The zero-order valence-corrected chi connectivity index (χ0v) is 9.59. The van der Waals surface area contributed by atoms with Gasteiger partial charge in [0.1, 0.15) is 0 Å². The molecule has 1 fully saturated rings. The molecule has 0 bridgehead atoms. The quantitative estimate of drug-likeness (QED) is 0.817. The molecule has 1 heterocycles. The molecule has 0 aromatic rings. The Balaban J connectivity index is 2.19. The fourth-order valence-corrected chi connectivity index (χ4v) is 2.73. The summed E-state index contributed by atoms with van der Waals surface area (Å²) in [6.07, 6.45) is 1.94. The van der Waals surface area contributed by atoms with E-state index in [4.69, 9.17) is 23.2 Å². The second-order valence-corrected chi connectivity index (χ2v) is 5.46. The highest BCUT2D eigenvalue weighted by molar-refractivity contribution is 7.85. The largest absolute Gasteiger partial charge is 0.309 e. The monoisotopic (exact) mass is 241 g/mol. The normalized spacial score (nSPS) is 30.5. The van der Waals surface area contributed by atoms with E-state index < -0.39 is 10.8 Å². The molecule has 76 valence electrons. The second-order valence-electron chi connectivity index (χ2n) is 3.06. The first-order valence-corrected chi connectivity index (χ1v) is 6.55. The highest BCUT2D eigenvalue weighted by Crippen LogP contribution is 2.10. The van der Waals surface area contributed by atoms with Gasteiger partial charge in [0.15, 0.2) is 0 Å². The Bertz CT molecular complexity index is 210. The third-order valence-electron chi connectivity index (χ3n) is 2.07. The third-order valence-corrected chi connectivity index (χ3v) is 4.07. The molecule has 1 aliphatic rings. The first kappa shape index (κ1) is 11.5. The summed E-state index contributed by atoms with van der Waals surface area (Å²) in [5.74, 6) is 1.61. The van der Waals surface area contributed by atoms with Crippen LogP contribution in [0.5, 0.6) is 0 Å². The van der Waals surface area contributed by atoms with Crippen LogP contribution in [0.15, 0.2) is 10.6 Å². The smallest absolute Gasteiger partial charge is 0.0431 e. The Morgan fingerprint density at radius 1 is 1.54 bits per heavy atom. The fourth-order valence-electron chi connectivity index (χ4n) is 1.28. The van der Waals surface area contributed by atoms with Crippen molar-refractivity contribution in [3.63, 3.8) is 0 Å². The van der Waals surface area contributed by atoms with Crippen molar-refractivity contribution in [3.8, 4) is 0 Å². The summed E-state index contributed by atoms with van der Waals surface area (Å²) in [4.78, 5) is 0. The molecular weight excluding hydrogens is 229 g/mol. The maximum atomic E-state index is 11.0. The first-order valence-electron chi connectivity index (χ1n) is 4.25. The molecular formula is C8H13Cl2NOS. The van der Waals surface area contributed by atoms with Crippen LogP contribution < -0.4 is 5.32 Å². The van der Waals surface area contributed by atoms with Gasteiger partial charge in [0.2, 0.25) is 0 Å². The molecule has 0 aromatic heterocycles. The lowest BCUT2D eigenvalue weighted by molar-refractivity contribution is 0.498. The number of hydrogen-bond acceptors (Lipinski definition) is 2. The minimum absolute atomic E-state index is 0.447. The van der Waals surface area contributed by atoms with Gasteiger partial charge in [-0.3, -0.25) is 4.21 Å². The minimum atomic E-state index is -0.591. The van der Waals surface area contributed by atoms with E-state index in [1.54, 1.807) is 0 Å². The lowest BCUT2D eigenvalue weighted by Gasteiger charge is -2.22. The van der Waals surface area contributed by atoms with Crippen LogP contribution in [-0.2, 0) is 10.8 Å². The van der Waals surface area contributed by atoms with Gasteiger partial charge >= 0.3 is 0 Å². The van der Waals surface area contributed by atoms with Crippen LogP contribution in [0.25, 0.3) is 0 Å². The van der Waals surface area contributed by atoms with Crippen molar-refractivity contribution in [1.29, 1.82) is 0 Å². The van der Waals surface area contributed by atoms with Gasteiger partial charge in [-0.1, -0.05) is 23.2 Å². The Labute approximate surface area is 91.1 Å². The SMILES string of the molecule is O=S1CCC(NC/C(Cl)=C\Cl)CC1. The molecule has 0 spiro atoms. The molecule has 1 aliphatic heterocycles. The summed E-state index contributed by atoms with van der Waals surface area (Å²) < 4.78 is 11.0. The standard InChI is InChI=1S/C8H13Cl2NOS/c9-5-7(10)6-11-8-1-3-13(12)4-2-8/h5,8,11H,1-4,6H2/b7-5+. The molecule has 0 aliphatic carbocycles. The van der Waals surface area contributed by atoms with Crippen molar-refractivity contribution in [2.75, 3.05) is 18.1 Å². The van der Waals surface area contributed by atoms with Gasteiger partial charge in [-0.2, -0.15) is 0 Å². The predicted octanol–water partition coefficient (Wildman–Crippen LogP) is 1.81. The maximum absolute atomic E-state index is 11.0. The Kier molecular flexibility index (Phi) is 5.32. The van der Waals surface area contributed by atoms with Crippen LogP contribution in [0.1, 0.15) is 12.8 Å². The molecule has 0 unspecified atom stereocenters. The van der Waals surface area contributed by atoms with Crippen LogP contribution in [-0.4, -0.2) is 28.3 Å². The van der Waals surface area contributed by atoms with E-state index in [1.165, 1.54) is 5.54 Å². The van der Waals surface area contributed by atoms with Crippen molar-refractivity contribution < 1.29 is 4.21 Å². The van der Waals surface area contributed by atoms with Gasteiger partial charge in [-0.05, 0) is 12.8 Å². The first-order chi connectivity index (χ1) is 6.22. The molecule has 0 saturated carbocycles. The molecule has 5 heteroatoms. The number of nitrogens with one attached hydrogen (secondary N) is 1. The highest BCUT2D eigenvalue weighted by Gasteiger charge is 2.16. The van der Waals surface area contributed by atoms with Gasteiger partial charge < -0.3 is 5.32 Å². The second kappa shape index (κ2) is 6.02. The molecule has 13 heavy (non-hydrogen) atoms. The van der Waals surface area contributed by atoms with Gasteiger partial charge in [-0.15, -0.1) is 0 Å². The van der Waals surface area contributed by atoms with E-state index in [0.29, 0.717) is 17.6 Å². The molecule has 0 amide bonds. The summed E-state index contributed by atoms with van der Waals surface area (Å²) in [7, 11) is -0.591. The summed E-state index contributed by atoms with van der Waals surface area (Å²) >= 11 is 11.1. The Hall–Kier alpha value is 0.430. The molecule has 1 saturated heterocycles. The van der Waals surface area contributed by atoms with Crippen LogP contribution in [0.2, 0.25) is 0 Å². The van der Waals surface area contributed by atoms with Crippen molar-refractivity contribution in [2.24, 2.45) is 0 Å². The van der Waals surface area contributed by atoms with Crippen LogP contribution >= 0.6 is 23.2 Å². The topological polar surface area (TPSA) is 29.1 Å². The molecule has 0 aromatic carbocycles. The van der Waals surface area contributed by atoms with Gasteiger partial charge in [0, 0.05) is 45.5 Å². The van der Waals surface area contributed by atoms with Gasteiger partial charge in [0.25, 0.3) is 0 Å². The average Bonchev–Trinajstić information content (AvgIpc) is 2.16. The third kappa shape index (κ3) is 4.45. The van der Waals surface area contributed by atoms with Gasteiger partial charge in [0.05, 0.1) is 0 Å². The Morgan fingerprint density at radius 3 is 2.69 bits per heavy atom. The van der Waals surface area contributed by atoms with E-state index in [1.807, 2.05) is 0 Å². The van der Waals surface area contributed by atoms with E-state index >= 15 is 0 Å². The maximum Gasteiger partial charge on any atom is 0.0431 e. The average molecular weight is 242 g/mol. The van der Waals surface area contributed by atoms with Crippen molar-refractivity contribution in [2.45, 2.75) is 18.9 Å². The van der Waals surface area contributed by atoms with Gasteiger partial charge in [-0.25, -0.2) is 0 Å². The predicted molar refractivity (Wildman–Crippen MR) is 58.7 cm³/mol. The molecule has 1 N–H and O–H groups in total. The number of hydrogen-bond donors (Lipinski definition) is 1. The van der Waals surface area contributed by atoms with E-state index in [2.05, 4.69) is 5.32 Å². The summed E-state index contributed by atoms with van der Waals surface area (Å²) in [5, 5.41) is 3.89. The lowest BCUT2D eigenvalue weighted by Crippen LogP contribution is -2.36. The van der Waals surface area contributed by atoms with E-state index in [-0.39, 0.29) is 0 Å². The zero-order valence-electron chi connectivity index (χ0n) is 7.26. The Morgan fingerprint density at radius 2 is 2.15 bits per heavy atom. The molecule has 0 atom stereocenters. The summed E-state index contributed by atoms with van der Waals surface area (Å²) in [5.41, 5.74) is 1.37. The summed E-state index contributed by atoms with van der Waals surface area (Å²) in [6, 6.07) is 0.447. The molecule has 1 rings (SSSR count). The van der Waals surface area contributed by atoms with Crippen molar-refractivity contribution >= 4 is 34.0 Å². The minimum Gasteiger partial charge on any atom is -0.309 e. The van der Waals surface area contributed by atoms with E-state index in [9.17, 15) is 4.21 Å². The molecule has 0 radical (unpaired) electrons. The highest BCUT2D eigenvalue weighted by atomic mass is 35.5. The number of rotatable bonds is 3. The summed E-state index contributed by atoms with van der Waals surface area (Å²) in [6.45, 7) is 0.613. The lowest BCUT2D eigenvalue weighted by atomic mass is 10.1. The van der Waals surface area contributed by atoms with Crippen LogP contribution in [0, 0.1) is 0 Å². The van der Waals surface area contributed by atoms with Crippen LogP contribution in [0.4, 0.5) is 0 Å². The molecule has 2 nitrogen and oxygen atoms in total. The van der Waals surface area contributed by atoms with Crippen LogP contribution in [0.3, 0.4) is 0 Å². The fraction of sp³-hybridized carbons (Fsp3) is 0.750. The number of halogens is 2. The van der Waals surface area contributed by atoms with E-state index in [0.717, 1.165) is 24.3 Å². The van der Waals surface area contributed by atoms with Crippen molar-refractivity contribution in [1.82, 2.24) is 5.32 Å². The zero-order chi connectivity index (χ0) is 9.68. The van der Waals surface area contributed by atoms with Crippen molar-refractivity contribution in [3.05, 3.63) is 10.6 Å².